The Kier molecular flexibility index (Phi) is 5.17. The van der Waals surface area contributed by atoms with E-state index in [-0.39, 0.29) is 11.8 Å². The molecule has 5 fully saturated rings. The maximum Gasteiger partial charge on any atom is 0.267 e. The lowest BCUT2D eigenvalue weighted by Crippen LogP contribution is -2.60. The van der Waals surface area contributed by atoms with Gasteiger partial charge in [-0.05, 0) is 51.4 Å². The molecule has 30 heavy (non-hydrogen) atoms. The topological polar surface area (TPSA) is 40.6 Å². The first-order valence-electron chi connectivity index (χ1n) is 11.3. The van der Waals surface area contributed by atoms with E-state index in [1.165, 1.54) is 23.6 Å². The Morgan fingerprint density at radius 1 is 0.667 bits per heavy atom. The Bertz CT molecular complexity index is 641. The Labute approximate surface area is 175 Å². The molecule has 3 saturated carbocycles. The second kappa shape index (κ2) is 7.09. The summed E-state index contributed by atoms with van der Waals surface area (Å²) < 4.78 is 56.7. The molecule has 0 spiro atoms. The van der Waals surface area contributed by atoms with Crippen LogP contribution >= 0.6 is 0 Å². The van der Waals surface area contributed by atoms with Crippen molar-refractivity contribution >= 4 is 11.8 Å². The van der Waals surface area contributed by atoms with E-state index in [4.69, 9.17) is 0 Å². The quantitative estimate of drug-likeness (QED) is 0.610. The van der Waals surface area contributed by atoms with Crippen molar-refractivity contribution in [3.8, 4) is 0 Å². The van der Waals surface area contributed by atoms with E-state index < -0.39 is 47.6 Å². The number of hydrogen-bond acceptors (Lipinski definition) is 2. The van der Waals surface area contributed by atoms with Gasteiger partial charge in [0.1, 0.15) is 0 Å². The van der Waals surface area contributed by atoms with E-state index in [0.717, 1.165) is 0 Å². The minimum atomic E-state index is -2.87. The minimum Gasteiger partial charge on any atom is -0.336 e. The second-order valence-electron chi connectivity index (χ2n) is 10.4. The number of fused-ring (bicyclic) bond motifs is 3. The van der Waals surface area contributed by atoms with Gasteiger partial charge < -0.3 is 9.80 Å². The van der Waals surface area contributed by atoms with E-state index in [0.29, 0.717) is 64.5 Å². The van der Waals surface area contributed by atoms with Gasteiger partial charge in [-0.1, -0.05) is 13.8 Å². The van der Waals surface area contributed by atoms with Crippen molar-refractivity contribution < 1.29 is 27.2 Å². The maximum atomic E-state index is 14.2. The molecular formula is C22H32F4N2O2. The molecule has 2 amide bonds. The molecule has 4 nitrogen and oxygen atoms in total. The van der Waals surface area contributed by atoms with Crippen molar-refractivity contribution in [3.63, 3.8) is 0 Å². The fraction of sp³-hybridized carbons (Fsp3) is 0.909. The monoisotopic (exact) mass is 432 g/mol. The fourth-order valence-electron chi connectivity index (χ4n) is 5.94. The normalized spacial score (nSPS) is 40.3. The summed E-state index contributed by atoms with van der Waals surface area (Å²) in [5.74, 6) is -7.60. The van der Waals surface area contributed by atoms with Crippen LogP contribution in [0.2, 0.25) is 0 Å². The van der Waals surface area contributed by atoms with E-state index in [2.05, 4.69) is 0 Å². The highest BCUT2D eigenvalue weighted by Gasteiger charge is 2.59. The Morgan fingerprint density at radius 3 is 1.23 bits per heavy atom. The molecule has 2 atom stereocenters. The van der Waals surface area contributed by atoms with Gasteiger partial charge in [0.25, 0.3) is 11.8 Å². The molecule has 0 aromatic heterocycles. The van der Waals surface area contributed by atoms with Gasteiger partial charge in [0, 0.05) is 35.8 Å². The van der Waals surface area contributed by atoms with Crippen LogP contribution in [0.5, 0.6) is 0 Å². The van der Waals surface area contributed by atoms with Gasteiger partial charge in [-0.2, -0.15) is 0 Å². The molecule has 0 aromatic carbocycles. The zero-order chi connectivity index (χ0) is 21.9. The van der Waals surface area contributed by atoms with Crippen molar-refractivity contribution in [2.45, 2.75) is 77.1 Å². The number of piperidine rings is 2. The third-order valence-corrected chi connectivity index (χ3v) is 8.64. The van der Waals surface area contributed by atoms with Gasteiger partial charge in [0.2, 0.25) is 11.8 Å². The number of hydrogen-bond donors (Lipinski definition) is 0. The molecule has 0 radical (unpaired) electrons. The standard InChI is InChI=1S/C22H32F4N2O2/c1-15-3-11-27(13-21(15,23)24)17(29)19-5-8-20(9-6-19,10-7-19)18(30)28-12-4-16(2)22(25,26)14-28/h15-16H,3-14H2,1-2H3. The predicted molar refractivity (Wildman–Crippen MR) is 103 cm³/mol. The molecule has 5 aliphatic rings. The third-order valence-electron chi connectivity index (χ3n) is 8.64. The van der Waals surface area contributed by atoms with Crippen LogP contribution in [0.25, 0.3) is 0 Å². The zero-order valence-electron chi connectivity index (χ0n) is 17.9. The highest BCUT2D eigenvalue weighted by atomic mass is 19.3. The lowest BCUT2D eigenvalue weighted by molar-refractivity contribution is -0.176. The Balaban J connectivity index is 1.43. The van der Waals surface area contributed by atoms with Crippen LogP contribution in [0.1, 0.15) is 65.2 Å². The van der Waals surface area contributed by atoms with E-state index >= 15 is 0 Å². The van der Waals surface area contributed by atoms with Gasteiger partial charge >= 0.3 is 0 Å². The fourth-order valence-corrected chi connectivity index (χ4v) is 5.94. The average Bonchev–Trinajstić information content (AvgIpc) is 2.72. The van der Waals surface area contributed by atoms with Crippen molar-refractivity contribution in [1.29, 1.82) is 0 Å². The highest BCUT2D eigenvalue weighted by Crippen LogP contribution is 2.58. The zero-order valence-corrected chi connectivity index (χ0v) is 17.9. The molecule has 0 aromatic rings. The van der Waals surface area contributed by atoms with Crippen LogP contribution in [0.3, 0.4) is 0 Å². The molecule has 2 bridgehead atoms. The molecule has 2 aliphatic heterocycles. The average molecular weight is 433 g/mol. The summed E-state index contributed by atoms with van der Waals surface area (Å²) in [6.07, 6.45) is 3.47. The number of carbonyl (C=O) groups excluding carboxylic acids is 2. The lowest BCUT2D eigenvalue weighted by atomic mass is 9.52. The summed E-state index contributed by atoms with van der Waals surface area (Å²) in [6.45, 7) is 2.68. The van der Waals surface area contributed by atoms with Crippen LogP contribution in [-0.4, -0.2) is 59.6 Å². The summed E-state index contributed by atoms with van der Waals surface area (Å²) in [5.41, 5.74) is -1.34. The Hall–Kier alpha value is -1.34. The van der Waals surface area contributed by atoms with Crippen LogP contribution in [0, 0.1) is 22.7 Å². The number of alkyl halides is 4. The first-order valence-corrected chi connectivity index (χ1v) is 11.3. The smallest absolute Gasteiger partial charge is 0.267 e. The van der Waals surface area contributed by atoms with Gasteiger partial charge in [-0.15, -0.1) is 0 Å². The largest absolute Gasteiger partial charge is 0.336 e. The van der Waals surface area contributed by atoms with Crippen molar-refractivity contribution in [3.05, 3.63) is 0 Å². The SMILES string of the molecule is CC1CCN(C(=O)C23CCC(C(=O)N4CCC(C)C(F)(F)C4)(CC2)CC3)CC1(F)F. The van der Waals surface area contributed by atoms with E-state index in [9.17, 15) is 27.2 Å². The maximum absolute atomic E-state index is 14.2. The third kappa shape index (κ3) is 3.42. The molecule has 2 saturated heterocycles. The first-order chi connectivity index (χ1) is 13.9. The molecule has 2 heterocycles. The molecular weight excluding hydrogens is 400 g/mol. The van der Waals surface area contributed by atoms with Crippen molar-refractivity contribution in [1.82, 2.24) is 9.80 Å². The number of halogens is 4. The molecule has 8 heteroatoms. The van der Waals surface area contributed by atoms with Crippen LogP contribution in [0.4, 0.5) is 17.6 Å². The summed E-state index contributed by atoms with van der Waals surface area (Å²) in [7, 11) is 0. The lowest BCUT2D eigenvalue weighted by Gasteiger charge is -2.54. The van der Waals surface area contributed by atoms with E-state index in [1.807, 2.05) is 0 Å². The number of nitrogens with zero attached hydrogens (tertiary/aromatic N) is 2. The second-order valence-corrected chi connectivity index (χ2v) is 10.4. The number of amides is 2. The number of rotatable bonds is 2. The molecule has 2 unspecified atom stereocenters. The number of carbonyl (C=O) groups is 2. The van der Waals surface area contributed by atoms with Crippen LogP contribution < -0.4 is 0 Å². The summed E-state index contributed by atoms with van der Waals surface area (Å²) in [4.78, 5) is 29.1. The molecule has 0 N–H and O–H groups in total. The molecule has 3 aliphatic carbocycles. The van der Waals surface area contributed by atoms with Gasteiger partial charge in [0.05, 0.1) is 13.1 Å². The first kappa shape index (κ1) is 21.9. The van der Waals surface area contributed by atoms with Crippen molar-refractivity contribution in [2.75, 3.05) is 26.2 Å². The Morgan fingerprint density at radius 2 is 0.967 bits per heavy atom. The molecule has 5 rings (SSSR count). The van der Waals surface area contributed by atoms with E-state index in [1.54, 1.807) is 0 Å². The van der Waals surface area contributed by atoms with Gasteiger partial charge in [0.15, 0.2) is 0 Å². The minimum absolute atomic E-state index is 0.201. The summed E-state index contributed by atoms with van der Waals surface area (Å²) in [5, 5.41) is 0. The van der Waals surface area contributed by atoms with Crippen LogP contribution in [0.15, 0.2) is 0 Å². The summed E-state index contributed by atoms with van der Waals surface area (Å²) >= 11 is 0. The van der Waals surface area contributed by atoms with Crippen molar-refractivity contribution in [2.24, 2.45) is 22.7 Å². The summed E-state index contributed by atoms with van der Waals surface area (Å²) in [6, 6.07) is 0. The predicted octanol–water partition coefficient (Wildman–Crippen LogP) is 4.33. The highest BCUT2D eigenvalue weighted by molar-refractivity contribution is 5.87. The van der Waals surface area contributed by atoms with Crippen LogP contribution in [-0.2, 0) is 9.59 Å². The number of likely N-dealkylation sites (tertiary alicyclic amines) is 2. The van der Waals surface area contributed by atoms with Gasteiger partial charge in [-0.3, -0.25) is 9.59 Å². The van der Waals surface area contributed by atoms with Gasteiger partial charge in [-0.25, -0.2) is 17.6 Å². The molecule has 170 valence electrons.